The van der Waals surface area contributed by atoms with Gasteiger partial charge in [0.1, 0.15) is 6.04 Å². The monoisotopic (exact) mass is 437 g/mol. The highest BCUT2D eigenvalue weighted by atomic mass is 16.2. The van der Waals surface area contributed by atoms with Crippen LogP contribution in [0.5, 0.6) is 0 Å². The number of allylic oxidation sites excluding steroid dienone is 1. The van der Waals surface area contributed by atoms with Gasteiger partial charge in [-0.1, -0.05) is 19.8 Å². The normalized spacial score (nSPS) is 18.3. The molecule has 1 aromatic heterocycles. The van der Waals surface area contributed by atoms with Crippen molar-refractivity contribution in [1.29, 1.82) is 0 Å². The van der Waals surface area contributed by atoms with Crippen LogP contribution in [0.25, 0.3) is 16.7 Å². The number of piperidine rings is 1. The maximum atomic E-state index is 12.5. The molecular weight excluding hydrogens is 406 g/mol. The third kappa shape index (κ3) is 4.69. The van der Waals surface area contributed by atoms with E-state index in [2.05, 4.69) is 27.9 Å². The molecule has 1 saturated heterocycles. The number of aryl methyl sites for hydroxylation is 1. The molecule has 8 heteroatoms. The van der Waals surface area contributed by atoms with Crippen LogP contribution >= 0.6 is 0 Å². The fraction of sp³-hybridized carbons (Fsp3) is 0.500. The number of amides is 3. The predicted octanol–water partition coefficient (Wildman–Crippen LogP) is 3.38. The number of imidazole rings is 1. The van der Waals surface area contributed by atoms with E-state index < -0.39 is 6.04 Å². The average Bonchev–Trinajstić information content (AvgIpc) is 3.08. The van der Waals surface area contributed by atoms with E-state index in [-0.39, 0.29) is 17.7 Å². The number of hydrogen-bond acceptors (Lipinski definition) is 5. The van der Waals surface area contributed by atoms with Gasteiger partial charge in [0.25, 0.3) is 0 Å². The number of fused-ring (bicyclic) bond motifs is 1. The number of hydrogen-bond donors (Lipinski definition) is 3. The van der Waals surface area contributed by atoms with Crippen LogP contribution in [0.4, 0.5) is 5.69 Å². The SMILES string of the molecule is CCCCCC(=O)Nc1cc(C(NC2CCC(=O)NC2=O)=C2CCC2)c2c(c1)ncn2C. The van der Waals surface area contributed by atoms with E-state index in [1.807, 2.05) is 23.7 Å². The second-order valence-corrected chi connectivity index (χ2v) is 8.73. The first-order valence-corrected chi connectivity index (χ1v) is 11.5. The zero-order chi connectivity index (χ0) is 22.7. The Morgan fingerprint density at radius 1 is 1.22 bits per heavy atom. The Morgan fingerprint density at radius 2 is 2.03 bits per heavy atom. The number of aromatic nitrogens is 2. The van der Waals surface area contributed by atoms with Crippen LogP contribution in [0.3, 0.4) is 0 Å². The quantitative estimate of drug-likeness (QED) is 0.434. The summed E-state index contributed by atoms with van der Waals surface area (Å²) in [4.78, 5) is 41.0. The summed E-state index contributed by atoms with van der Waals surface area (Å²) >= 11 is 0. The number of imide groups is 1. The second-order valence-electron chi connectivity index (χ2n) is 8.73. The van der Waals surface area contributed by atoms with Crippen molar-refractivity contribution >= 4 is 40.1 Å². The Kier molecular flexibility index (Phi) is 6.58. The molecule has 1 aliphatic carbocycles. The van der Waals surface area contributed by atoms with E-state index in [0.29, 0.717) is 24.9 Å². The smallest absolute Gasteiger partial charge is 0.249 e. The van der Waals surface area contributed by atoms with Gasteiger partial charge in [-0.15, -0.1) is 0 Å². The maximum Gasteiger partial charge on any atom is 0.249 e. The first-order chi connectivity index (χ1) is 15.5. The summed E-state index contributed by atoms with van der Waals surface area (Å²) < 4.78 is 1.96. The molecule has 8 nitrogen and oxygen atoms in total. The topological polar surface area (TPSA) is 105 Å². The highest BCUT2D eigenvalue weighted by Gasteiger charge is 2.29. The minimum absolute atomic E-state index is 0.00402. The molecule has 0 radical (unpaired) electrons. The van der Waals surface area contributed by atoms with Crippen LogP contribution in [0.2, 0.25) is 0 Å². The third-order valence-corrected chi connectivity index (χ3v) is 6.24. The summed E-state index contributed by atoms with van der Waals surface area (Å²) in [6, 6.07) is 3.40. The number of rotatable bonds is 8. The molecule has 170 valence electrons. The van der Waals surface area contributed by atoms with Gasteiger partial charge in [-0.3, -0.25) is 19.7 Å². The van der Waals surface area contributed by atoms with Gasteiger partial charge < -0.3 is 15.2 Å². The molecule has 32 heavy (non-hydrogen) atoms. The molecule has 3 N–H and O–H groups in total. The van der Waals surface area contributed by atoms with Gasteiger partial charge in [-0.2, -0.15) is 0 Å². The molecule has 1 atom stereocenters. The van der Waals surface area contributed by atoms with Gasteiger partial charge in [0, 0.05) is 36.8 Å². The molecular formula is C24H31N5O3. The lowest BCUT2D eigenvalue weighted by molar-refractivity contribution is -0.134. The summed E-state index contributed by atoms with van der Waals surface area (Å²) in [5.74, 6) is -0.524. The van der Waals surface area contributed by atoms with Gasteiger partial charge in [0.05, 0.1) is 17.4 Å². The molecule has 4 rings (SSSR count). The lowest BCUT2D eigenvalue weighted by Gasteiger charge is -2.29. The van der Waals surface area contributed by atoms with E-state index >= 15 is 0 Å². The fourth-order valence-corrected chi connectivity index (χ4v) is 4.30. The van der Waals surface area contributed by atoms with Gasteiger partial charge in [-0.05, 0) is 49.8 Å². The highest BCUT2D eigenvalue weighted by molar-refractivity contribution is 6.02. The number of carbonyl (C=O) groups is 3. The molecule has 2 aliphatic rings. The Balaban J connectivity index is 1.68. The van der Waals surface area contributed by atoms with E-state index in [4.69, 9.17) is 0 Å². The Bertz CT molecular complexity index is 1080. The highest BCUT2D eigenvalue weighted by Crippen LogP contribution is 2.36. The second kappa shape index (κ2) is 9.54. The Hall–Kier alpha value is -3.16. The molecule has 2 heterocycles. The van der Waals surface area contributed by atoms with E-state index in [1.165, 1.54) is 5.57 Å². The van der Waals surface area contributed by atoms with Crippen molar-refractivity contribution in [3.8, 4) is 0 Å². The molecule has 2 aromatic rings. The summed E-state index contributed by atoms with van der Waals surface area (Å²) in [6.07, 6.45) is 9.04. The standard InChI is InChI=1S/C24H31N5O3/c1-3-4-5-9-20(30)26-16-12-17(23-19(13-16)25-14-29(23)2)22(15-7-6-8-15)27-18-10-11-21(31)28-24(18)32/h12-14,18,27H,3-11H2,1-2H3,(H,26,30)(H,28,31,32). The minimum Gasteiger partial charge on any atom is -0.373 e. The largest absolute Gasteiger partial charge is 0.373 e. The van der Waals surface area contributed by atoms with E-state index in [0.717, 1.165) is 60.8 Å². The van der Waals surface area contributed by atoms with Crippen molar-refractivity contribution in [2.75, 3.05) is 5.32 Å². The van der Waals surface area contributed by atoms with Crippen molar-refractivity contribution in [2.24, 2.45) is 7.05 Å². The molecule has 1 saturated carbocycles. The zero-order valence-electron chi connectivity index (χ0n) is 18.8. The molecule has 0 bridgehead atoms. The molecule has 1 unspecified atom stereocenters. The van der Waals surface area contributed by atoms with Crippen LogP contribution in [0.1, 0.15) is 70.3 Å². The average molecular weight is 438 g/mol. The molecule has 0 spiro atoms. The summed E-state index contributed by atoms with van der Waals surface area (Å²) in [5, 5.41) is 8.89. The number of nitrogens with zero attached hydrogens (tertiary/aromatic N) is 2. The van der Waals surface area contributed by atoms with Gasteiger partial charge >= 0.3 is 0 Å². The fourth-order valence-electron chi connectivity index (χ4n) is 4.30. The maximum absolute atomic E-state index is 12.5. The Labute approximate surface area is 187 Å². The molecule has 2 fully saturated rings. The summed E-state index contributed by atoms with van der Waals surface area (Å²) in [7, 11) is 1.94. The number of benzene rings is 1. The first-order valence-electron chi connectivity index (χ1n) is 11.5. The molecule has 1 aromatic carbocycles. The Morgan fingerprint density at radius 3 is 2.72 bits per heavy atom. The van der Waals surface area contributed by atoms with E-state index in [9.17, 15) is 14.4 Å². The van der Waals surface area contributed by atoms with Crippen molar-refractivity contribution in [1.82, 2.24) is 20.2 Å². The predicted molar refractivity (Wildman–Crippen MR) is 124 cm³/mol. The first kappa shape index (κ1) is 22.0. The number of carbonyl (C=O) groups excluding carboxylic acids is 3. The van der Waals surface area contributed by atoms with Gasteiger partial charge in [0.2, 0.25) is 17.7 Å². The number of anilines is 1. The van der Waals surface area contributed by atoms with Gasteiger partial charge in [-0.25, -0.2) is 4.98 Å². The zero-order valence-corrected chi connectivity index (χ0v) is 18.8. The van der Waals surface area contributed by atoms with Crippen molar-refractivity contribution in [2.45, 2.75) is 70.8 Å². The van der Waals surface area contributed by atoms with Crippen molar-refractivity contribution < 1.29 is 14.4 Å². The minimum atomic E-state index is -0.466. The third-order valence-electron chi connectivity index (χ3n) is 6.24. The summed E-state index contributed by atoms with van der Waals surface area (Å²) in [6.45, 7) is 2.12. The lowest BCUT2D eigenvalue weighted by atomic mass is 9.87. The van der Waals surface area contributed by atoms with Crippen LogP contribution < -0.4 is 16.0 Å². The van der Waals surface area contributed by atoms with Crippen molar-refractivity contribution in [3.63, 3.8) is 0 Å². The summed E-state index contributed by atoms with van der Waals surface area (Å²) in [5.41, 5.74) is 5.53. The van der Waals surface area contributed by atoms with Crippen LogP contribution in [0.15, 0.2) is 24.0 Å². The molecule has 1 aliphatic heterocycles. The van der Waals surface area contributed by atoms with Crippen LogP contribution in [0, 0.1) is 0 Å². The molecule has 3 amide bonds. The van der Waals surface area contributed by atoms with E-state index in [1.54, 1.807) is 6.33 Å². The number of nitrogens with one attached hydrogen (secondary N) is 3. The number of unbranched alkanes of at least 4 members (excludes halogenated alkanes) is 2. The van der Waals surface area contributed by atoms with Gasteiger partial charge in [0.15, 0.2) is 0 Å². The van der Waals surface area contributed by atoms with Crippen molar-refractivity contribution in [3.05, 3.63) is 29.6 Å². The van der Waals surface area contributed by atoms with Crippen LogP contribution in [-0.2, 0) is 21.4 Å². The van der Waals surface area contributed by atoms with Crippen LogP contribution in [-0.4, -0.2) is 33.3 Å². The lowest BCUT2D eigenvalue weighted by Crippen LogP contribution is -2.50.